The summed E-state index contributed by atoms with van der Waals surface area (Å²) in [5, 5.41) is 10.2. The number of carbonyl (C=O) groups is 1. The predicted octanol–water partition coefficient (Wildman–Crippen LogP) is 1.24. The summed E-state index contributed by atoms with van der Waals surface area (Å²) in [6.45, 7) is -0.828. The summed E-state index contributed by atoms with van der Waals surface area (Å²) in [7, 11) is 1.15. The molecular formula is C9H13F6NO3. The Morgan fingerprint density at radius 3 is 2.00 bits per heavy atom. The van der Waals surface area contributed by atoms with E-state index in [1.807, 2.05) is 0 Å². The standard InChI is InChI=1S/C9H13F6NO3/c1-19-4-5(2-3-17)16-7(18)6(8(10,11)12)9(13,14)15/h5-6,17H,2-4H2,1H3,(H,16,18). The molecule has 10 heteroatoms. The van der Waals surface area contributed by atoms with Crippen molar-refractivity contribution in [3.63, 3.8) is 0 Å². The van der Waals surface area contributed by atoms with E-state index in [4.69, 9.17) is 5.11 Å². The number of ether oxygens (including phenoxy) is 1. The van der Waals surface area contributed by atoms with E-state index in [1.165, 1.54) is 0 Å². The Morgan fingerprint density at radius 2 is 1.68 bits per heavy atom. The maximum absolute atomic E-state index is 12.2. The first-order chi connectivity index (χ1) is 8.54. The van der Waals surface area contributed by atoms with E-state index < -0.39 is 36.8 Å². The third-order valence-corrected chi connectivity index (χ3v) is 2.11. The van der Waals surface area contributed by atoms with Gasteiger partial charge in [0.15, 0.2) is 0 Å². The minimum atomic E-state index is -5.74. The third kappa shape index (κ3) is 6.10. The van der Waals surface area contributed by atoms with Crippen LogP contribution >= 0.6 is 0 Å². The van der Waals surface area contributed by atoms with Gasteiger partial charge in [0.05, 0.1) is 12.6 Å². The van der Waals surface area contributed by atoms with Gasteiger partial charge in [-0.3, -0.25) is 4.79 Å². The van der Waals surface area contributed by atoms with Crippen LogP contribution in [-0.2, 0) is 9.53 Å². The first-order valence-electron chi connectivity index (χ1n) is 5.07. The van der Waals surface area contributed by atoms with Gasteiger partial charge >= 0.3 is 12.4 Å². The fourth-order valence-electron chi connectivity index (χ4n) is 1.32. The Morgan fingerprint density at radius 1 is 1.21 bits per heavy atom. The maximum atomic E-state index is 12.2. The number of carbonyl (C=O) groups excluding carboxylic acids is 1. The number of hydrogen-bond acceptors (Lipinski definition) is 3. The van der Waals surface area contributed by atoms with Crippen LogP contribution < -0.4 is 5.32 Å². The van der Waals surface area contributed by atoms with E-state index in [1.54, 1.807) is 5.32 Å². The lowest BCUT2D eigenvalue weighted by Gasteiger charge is -2.25. The molecule has 0 heterocycles. The molecule has 0 fully saturated rings. The fourth-order valence-corrected chi connectivity index (χ4v) is 1.32. The smallest absolute Gasteiger partial charge is 0.396 e. The van der Waals surface area contributed by atoms with Gasteiger partial charge in [-0.15, -0.1) is 0 Å². The molecule has 0 saturated heterocycles. The molecule has 4 nitrogen and oxygen atoms in total. The molecule has 0 bridgehead atoms. The van der Waals surface area contributed by atoms with Crippen molar-refractivity contribution in [3.05, 3.63) is 0 Å². The Bertz CT molecular complexity index is 271. The number of hydrogen-bond donors (Lipinski definition) is 2. The lowest BCUT2D eigenvalue weighted by Crippen LogP contribution is -2.51. The molecule has 0 aliphatic heterocycles. The third-order valence-electron chi connectivity index (χ3n) is 2.11. The van der Waals surface area contributed by atoms with Gasteiger partial charge in [0.1, 0.15) is 0 Å². The van der Waals surface area contributed by atoms with Crippen molar-refractivity contribution in [1.82, 2.24) is 5.32 Å². The molecule has 0 aromatic rings. The Balaban J connectivity index is 4.91. The molecule has 0 aliphatic rings. The summed E-state index contributed by atoms with van der Waals surface area (Å²) in [5.74, 6) is -6.31. The number of methoxy groups -OCH3 is 1. The summed E-state index contributed by atoms with van der Waals surface area (Å²) >= 11 is 0. The van der Waals surface area contributed by atoms with Gasteiger partial charge < -0.3 is 15.2 Å². The molecule has 1 atom stereocenters. The average Bonchev–Trinajstić information content (AvgIpc) is 2.12. The van der Waals surface area contributed by atoms with Crippen LogP contribution in [0.25, 0.3) is 0 Å². The van der Waals surface area contributed by atoms with E-state index in [0.717, 1.165) is 7.11 Å². The molecular weight excluding hydrogens is 284 g/mol. The number of amides is 1. The molecule has 0 radical (unpaired) electrons. The molecule has 1 amide bonds. The van der Waals surface area contributed by atoms with E-state index in [9.17, 15) is 31.1 Å². The lowest BCUT2D eigenvalue weighted by atomic mass is 10.1. The van der Waals surface area contributed by atoms with Crippen molar-refractivity contribution in [2.75, 3.05) is 20.3 Å². The van der Waals surface area contributed by atoms with Crippen LogP contribution in [0.1, 0.15) is 6.42 Å². The maximum Gasteiger partial charge on any atom is 0.409 e. The highest BCUT2D eigenvalue weighted by Gasteiger charge is 2.61. The minimum Gasteiger partial charge on any atom is -0.396 e. The van der Waals surface area contributed by atoms with Crippen LogP contribution in [0.15, 0.2) is 0 Å². The topological polar surface area (TPSA) is 58.6 Å². The Labute approximate surface area is 104 Å². The number of nitrogens with one attached hydrogen (secondary N) is 1. The number of aliphatic hydroxyl groups excluding tert-OH is 1. The van der Waals surface area contributed by atoms with Crippen LogP contribution in [0.4, 0.5) is 26.3 Å². The average molecular weight is 297 g/mol. The molecule has 0 aliphatic carbocycles. The first kappa shape index (κ1) is 18.0. The second-order valence-corrected chi connectivity index (χ2v) is 3.69. The van der Waals surface area contributed by atoms with Gasteiger partial charge in [-0.2, -0.15) is 26.3 Å². The zero-order valence-corrected chi connectivity index (χ0v) is 9.81. The quantitative estimate of drug-likeness (QED) is 0.725. The SMILES string of the molecule is COCC(CCO)NC(=O)C(C(F)(F)F)C(F)(F)F. The highest BCUT2D eigenvalue weighted by atomic mass is 19.4. The van der Waals surface area contributed by atoms with Crippen LogP contribution in [0.2, 0.25) is 0 Å². The second kappa shape index (κ2) is 6.94. The summed E-state index contributed by atoms with van der Waals surface area (Å²) in [6.07, 6.45) is -11.7. The van der Waals surface area contributed by atoms with E-state index in [0.29, 0.717) is 0 Å². The van der Waals surface area contributed by atoms with Crippen LogP contribution in [0.5, 0.6) is 0 Å². The van der Waals surface area contributed by atoms with Crippen molar-refractivity contribution in [1.29, 1.82) is 0 Å². The van der Waals surface area contributed by atoms with Gasteiger partial charge in [0, 0.05) is 13.7 Å². The minimum absolute atomic E-state index is 0.220. The van der Waals surface area contributed by atoms with Crippen molar-refractivity contribution < 1.29 is 41.0 Å². The molecule has 1 unspecified atom stereocenters. The Kier molecular flexibility index (Phi) is 6.57. The van der Waals surface area contributed by atoms with E-state index >= 15 is 0 Å². The summed E-state index contributed by atoms with van der Waals surface area (Å²) in [6, 6.07) is -1.13. The summed E-state index contributed by atoms with van der Waals surface area (Å²) in [5.41, 5.74) is 0. The van der Waals surface area contributed by atoms with Crippen LogP contribution in [-0.4, -0.2) is 49.7 Å². The van der Waals surface area contributed by atoms with Crippen molar-refractivity contribution in [2.45, 2.75) is 24.8 Å². The number of halogens is 6. The number of alkyl halides is 6. The normalized spacial score (nSPS) is 14.6. The number of rotatable bonds is 6. The van der Waals surface area contributed by atoms with Gasteiger partial charge in [0.2, 0.25) is 11.8 Å². The zero-order valence-electron chi connectivity index (χ0n) is 9.81. The summed E-state index contributed by atoms with van der Waals surface area (Å²) in [4.78, 5) is 11.1. The van der Waals surface area contributed by atoms with Crippen LogP contribution in [0, 0.1) is 5.92 Å². The lowest BCUT2D eigenvalue weighted by molar-refractivity contribution is -0.274. The monoisotopic (exact) mass is 297 g/mol. The van der Waals surface area contributed by atoms with Crippen molar-refractivity contribution in [3.8, 4) is 0 Å². The Hall–Kier alpha value is -1.03. The highest BCUT2D eigenvalue weighted by Crippen LogP contribution is 2.39. The predicted molar refractivity (Wildman–Crippen MR) is 51.1 cm³/mol. The van der Waals surface area contributed by atoms with Crippen LogP contribution in [0.3, 0.4) is 0 Å². The van der Waals surface area contributed by atoms with Gasteiger partial charge in [0.25, 0.3) is 0 Å². The molecule has 0 saturated carbocycles. The second-order valence-electron chi connectivity index (χ2n) is 3.69. The number of aliphatic hydroxyl groups is 1. The molecule has 0 aromatic carbocycles. The largest absolute Gasteiger partial charge is 0.409 e. The van der Waals surface area contributed by atoms with Gasteiger partial charge in [-0.05, 0) is 6.42 Å². The van der Waals surface area contributed by atoms with Gasteiger partial charge in [-0.25, -0.2) is 0 Å². The highest BCUT2D eigenvalue weighted by molar-refractivity contribution is 5.80. The van der Waals surface area contributed by atoms with Gasteiger partial charge in [-0.1, -0.05) is 0 Å². The zero-order chi connectivity index (χ0) is 15.3. The van der Waals surface area contributed by atoms with E-state index in [2.05, 4.69) is 4.74 Å². The molecule has 0 spiro atoms. The van der Waals surface area contributed by atoms with Crippen molar-refractivity contribution in [2.24, 2.45) is 5.92 Å². The molecule has 2 N–H and O–H groups in total. The molecule has 114 valence electrons. The summed E-state index contributed by atoms with van der Waals surface area (Å²) < 4.78 is 77.9. The molecule has 19 heavy (non-hydrogen) atoms. The van der Waals surface area contributed by atoms with E-state index in [-0.39, 0.29) is 13.0 Å². The molecule has 0 rings (SSSR count). The molecule has 0 aromatic heterocycles. The fraction of sp³-hybridized carbons (Fsp3) is 0.889. The first-order valence-corrected chi connectivity index (χ1v) is 5.07. The van der Waals surface area contributed by atoms with Crippen molar-refractivity contribution >= 4 is 5.91 Å².